The number of carbonyl (C=O) groups excluding carboxylic acids is 1. The summed E-state index contributed by atoms with van der Waals surface area (Å²) in [6.45, 7) is 6.00. The van der Waals surface area contributed by atoms with Crippen molar-refractivity contribution in [2.45, 2.75) is 0 Å². The van der Waals surface area contributed by atoms with Gasteiger partial charge in [0.1, 0.15) is 0 Å². The standard InChI is InChI=1S/C10H11N3O.C9H8O2.C2H4/c11-10(12)13-9(14)7-6-8-4-2-1-3-5-8;10-9(11)7-6-8-4-2-1-3-5-8;1-2/h1-7H,(H4,11,12,13,14);1-7H,(H,10,11);1-2H2/b2*7-6+;. The summed E-state index contributed by atoms with van der Waals surface area (Å²) in [5, 5.41) is 8.29. The first kappa shape index (κ1) is 23.1. The topological polar surface area (TPSA) is 119 Å². The van der Waals surface area contributed by atoms with E-state index < -0.39 is 11.9 Å². The van der Waals surface area contributed by atoms with Gasteiger partial charge < -0.3 is 16.6 Å². The molecular formula is C21H23N3O3. The Bertz CT molecular complexity index is 779. The van der Waals surface area contributed by atoms with Crippen LogP contribution in [0.1, 0.15) is 11.1 Å². The molecule has 6 nitrogen and oxygen atoms in total. The van der Waals surface area contributed by atoms with Gasteiger partial charge in [0, 0.05) is 12.2 Å². The molecule has 27 heavy (non-hydrogen) atoms. The van der Waals surface area contributed by atoms with Crippen molar-refractivity contribution in [1.29, 1.82) is 0 Å². The molecule has 0 radical (unpaired) electrons. The van der Waals surface area contributed by atoms with E-state index in [0.717, 1.165) is 17.2 Å². The summed E-state index contributed by atoms with van der Waals surface area (Å²) in [6, 6.07) is 18.7. The lowest BCUT2D eigenvalue weighted by Gasteiger charge is -1.90. The first-order chi connectivity index (χ1) is 13.0. The molecule has 0 spiro atoms. The molecule has 1 amide bonds. The van der Waals surface area contributed by atoms with Crippen molar-refractivity contribution in [2.24, 2.45) is 16.5 Å². The van der Waals surface area contributed by atoms with Crippen molar-refractivity contribution in [1.82, 2.24) is 0 Å². The highest BCUT2D eigenvalue weighted by Crippen LogP contribution is 2.01. The van der Waals surface area contributed by atoms with E-state index in [4.69, 9.17) is 16.6 Å². The summed E-state index contributed by atoms with van der Waals surface area (Å²) < 4.78 is 0. The fourth-order valence-electron chi connectivity index (χ4n) is 1.63. The van der Waals surface area contributed by atoms with Crippen LogP contribution in [-0.2, 0) is 9.59 Å². The van der Waals surface area contributed by atoms with Crippen molar-refractivity contribution < 1.29 is 14.7 Å². The van der Waals surface area contributed by atoms with Gasteiger partial charge in [0.15, 0.2) is 5.96 Å². The molecule has 0 fully saturated rings. The molecule has 2 aromatic rings. The van der Waals surface area contributed by atoms with Gasteiger partial charge in [-0.15, -0.1) is 13.2 Å². The predicted octanol–water partition coefficient (Wildman–Crippen LogP) is 3.09. The number of carbonyl (C=O) groups is 2. The molecule has 0 saturated carbocycles. The fraction of sp³-hybridized carbons (Fsp3) is 0. The second-order valence-electron chi connectivity index (χ2n) is 4.70. The normalized spacial score (nSPS) is 9.48. The number of aliphatic imine (C=N–C) groups is 1. The summed E-state index contributed by atoms with van der Waals surface area (Å²) in [4.78, 5) is 24.4. The Morgan fingerprint density at radius 3 is 1.59 bits per heavy atom. The molecule has 140 valence electrons. The molecule has 0 aliphatic heterocycles. The number of guanidine groups is 1. The van der Waals surface area contributed by atoms with E-state index in [-0.39, 0.29) is 5.96 Å². The molecule has 6 heteroatoms. The molecule has 5 N–H and O–H groups in total. The Morgan fingerprint density at radius 1 is 0.815 bits per heavy atom. The van der Waals surface area contributed by atoms with Crippen molar-refractivity contribution in [2.75, 3.05) is 0 Å². The van der Waals surface area contributed by atoms with E-state index in [1.54, 1.807) is 12.2 Å². The van der Waals surface area contributed by atoms with E-state index in [1.165, 1.54) is 6.08 Å². The highest BCUT2D eigenvalue weighted by Gasteiger charge is 1.91. The van der Waals surface area contributed by atoms with Crippen LogP contribution in [0.25, 0.3) is 12.2 Å². The van der Waals surface area contributed by atoms with Gasteiger partial charge >= 0.3 is 5.97 Å². The molecule has 2 aromatic carbocycles. The highest BCUT2D eigenvalue weighted by molar-refractivity contribution is 5.99. The molecule has 0 aliphatic carbocycles. The number of hydrogen-bond donors (Lipinski definition) is 3. The number of rotatable bonds is 4. The first-order valence-corrected chi connectivity index (χ1v) is 7.80. The SMILES string of the molecule is C=C.NC(N)=NC(=O)/C=C/c1ccccc1.O=C(O)/C=C/c1ccccc1. The lowest BCUT2D eigenvalue weighted by molar-refractivity contribution is -0.131. The van der Waals surface area contributed by atoms with Crippen molar-refractivity contribution in [3.8, 4) is 0 Å². The number of carboxylic acid groups (broad SMARTS) is 1. The quantitative estimate of drug-likeness (QED) is 0.333. The minimum atomic E-state index is -0.922. The van der Waals surface area contributed by atoms with Crippen LogP contribution in [0.2, 0.25) is 0 Å². The van der Waals surface area contributed by atoms with Crippen LogP contribution >= 0.6 is 0 Å². The van der Waals surface area contributed by atoms with E-state index in [1.807, 2.05) is 60.7 Å². The third kappa shape index (κ3) is 13.1. The zero-order valence-electron chi connectivity index (χ0n) is 14.9. The van der Waals surface area contributed by atoms with Gasteiger partial charge in [0.05, 0.1) is 0 Å². The number of hydrogen-bond acceptors (Lipinski definition) is 2. The average Bonchev–Trinajstić information content (AvgIpc) is 2.68. The van der Waals surface area contributed by atoms with Gasteiger partial charge in [0.25, 0.3) is 5.91 Å². The zero-order chi connectivity index (χ0) is 20.5. The van der Waals surface area contributed by atoms with Gasteiger partial charge in [-0.05, 0) is 23.3 Å². The number of aliphatic carboxylic acids is 1. The van der Waals surface area contributed by atoms with Crippen LogP contribution in [0, 0.1) is 0 Å². The van der Waals surface area contributed by atoms with Crippen molar-refractivity contribution >= 4 is 30.0 Å². The third-order valence-electron chi connectivity index (χ3n) is 2.68. The maximum atomic E-state index is 11.0. The van der Waals surface area contributed by atoms with Crippen LogP contribution in [0.15, 0.2) is 91.0 Å². The molecule has 0 atom stereocenters. The van der Waals surface area contributed by atoms with Crippen LogP contribution in [0.5, 0.6) is 0 Å². The summed E-state index contributed by atoms with van der Waals surface area (Å²) >= 11 is 0. The maximum Gasteiger partial charge on any atom is 0.328 e. The highest BCUT2D eigenvalue weighted by atomic mass is 16.4. The Balaban J connectivity index is 0.000000469. The first-order valence-electron chi connectivity index (χ1n) is 7.80. The Labute approximate surface area is 158 Å². The number of amides is 1. The van der Waals surface area contributed by atoms with Gasteiger partial charge in [-0.2, -0.15) is 4.99 Å². The van der Waals surface area contributed by atoms with Crippen LogP contribution in [-0.4, -0.2) is 22.9 Å². The molecule has 0 aromatic heterocycles. The Kier molecular flexibility index (Phi) is 12.3. The number of nitrogens with two attached hydrogens (primary N) is 2. The monoisotopic (exact) mass is 365 g/mol. The van der Waals surface area contributed by atoms with E-state index in [9.17, 15) is 9.59 Å². The van der Waals surface area contributed by atoms with Crippen LogP contribution in [0.3, 0.4) is 0 Å². The zero-order valence-corrected chi connectivity index (χ0v) is 14.9. The average molecular weight is 365 g/mol. The van der Waals surface area contributed by atoms with Crippen LogP contribution < -0.4 is 11.5 Å². The van der Waals surface area contributed by atoms with E-state index in [0.29, 0.717) is 0 Å². The van der Waals surface area contributed by atoms with E-state index >= 15 is 0 Å². The van der Waals surface area contributed by atoms with Gasteiger partial charge in [-0.25, -0.2) is 4.79 Å². The molecule has 0 heterocycles. The second kappa shape index (κ2) is 14.4. The number of nitrogens with zero attached hydrogens (tertiary/aromatic N) is 1. The van der Waals surface area contributed by atoms with Gasteiger partial charge in [0.2, 0.25) is 0 Å². The maximum absolute atomic E-state index is 11.0. The van der Waals surface area contributed by atoms with Crippen LogP contribution in [0.4, 0.5) is 0 Å². The predicted molar refractivity (Wildman–Crippen MR) is 111 cm³/mol. The molecule has 0 aliphatic rings. The van der Waals surface area contributed by atoms with Gasteiger partial charge in [-0.1, -0.05) is 60.7 Å². The second-order valence-corrected chi connectivity index (χ2v) is 4.70. The van der Waals surface area contributed by atoms with Crippen molar-refractivity contribution in [3.63, 3.8) is 0 Å². The van der Waals surface area contributed by atoms with E-state index in [2.05, 4.69) is 18.2 Å². The number of benzene rings is 2. The molecule has 2 rings (SSSR count). The Morgan fingerprint density at radius 2 is 1.22 bits per heavy atom. The lowest BCUT2D eigenvalue weighted by atomic mass is 10.2. The minimum Gasteiger partial charge on any atom is -0.478 e. The summed E-state index contributed by atoms with van der Waals surface area (Å²) in [6.07, 6.45) is 5.64. The largest absolute Gasteiger partial charge is 0.478 e. The summed E-state index contributed by atoms with van der Waals surface area (Å²) in [5.41, 5.74) is 11.9. The summed E-state index contributed by atoms with van der Waals surface area (Å²) in [5.74, 6) is -1.62. The molecular weight excluding hydrogens is 342 g/mol. The summed E-state index contributed by atoms with van der Waals surface area (Å²) in [7, 11) is 0. The minimum absolute atomic E-state index is 0.229. The smallest absolute Gasteiger partial charge is 0.328 e. The van der Waals surface area contributed by atoms with Gasteiger partial charge in [-0.3, -0.25) is 4.79 Å². The fourth-order valence-corrected chi connectivity index (χ4v) is 1.63. The Hall–Kier alpha value is -3.93. The van der Waals surface area contributed by atoms with Crippen molar-refractivity contribution in [3.05, 3.63) is 97.1 Å². The molecule has 0 bridgehead atoms. The molecule has 0 saturated heterocycles. The third-order valence-corrected chi connectivity index (χ3v) is 2.68. The molecule has 0 unspecified atom stereocenters. The lowest BCUT2D eigenvalue weighted by Crippen LogP contribution is -2.23. The number of carboxylic acids is 1.